The van der Waals surface area contributed by atoms with E-state index in [1.165, 1.54) is 34.1 Å². The highest BCUT2D eigenvalue weighted by atomic mass is 32.2. The summed E-state index contributed by atoms with van der Waals surface area (Å²) in [6.45, 7) is 16.1. The molecule has 2 aliphatic rings. The molecule has 0 atom stereocenters. The van der Waals surface area contributed by atoms with Crippen LogP contribution in [0.25, 0.3) is 11.6 Å². The Balaban J connectivity index is 1.69. The van der Waals surface area contributed by atoms with Crippen molar-refractivity contribution in [2.24, 2.45) is 4.99 Å². The lowest BCUT2D eigenvalue weighted by Gasteiger charge is -2.43. The first-order valence-electron chi connectivity index (χ1n) is 11.1. The molecule has 1 N–H and O–H groups in total. The van der Waals surface area contributed by atoms with E-state index in [0.29, 0.717) is 10.1 Å². The zero-order valence-electron chi connectivity index (χ0n) is 20.0. The molecule has 2 aliphatic heterocycles. The van der Waals surface area contributed by atoms with Crippen LogP contribution in [0.3, 0.4) is 0 Å². The Morgan fingerprint density at radius 1 is 1.12 bits per heavy atom. The molecule has 0 spiro atoms. The number of likely N-dealkylation sites (N-methyl/N-ethyl adjacent to an activating group) is 1. The highest BCUT2D eigenvalue weighted by Crippen LogP contribution is 2.41. The fraction of sp³-hybridized carbons (Fsp3) is 0.333. The van der Waals surface area contributed by atoms with Gasteiger partial charge in [0.15, 0.2) is 5.17 Å². The SMILES string of the molecule is CCN1c2cc(C)c(/C=C3\SC(=Nc4cccc(C)c4C)NC3=O)cc2C(C)=CC1(C)C. The number of hydrogen-bond donors (Lipinski definition) is 1. The van der Waals surface area contributed by atoms with Crippen molar-refractivity contribution in [3.8, 4) is 0 Å². The van der Waals surface area contributed by atoms with Crippen molar-refractivity contribution in [1.82, 2.24) is 5.32 Å². The molecule has 1 amide bonds. The minimum Gasteiger partial charge on any atom is -0.363 e. The van der Waals surface area contributed by atoms with Crippen LogP contribution in [0.1, 0.15) is 55.5 Å². The molecule has 0 aliphatic carbocycles. The second-order valence-electron chi connectivity index (χ2n) is 9.15. The van der Waals surface area contributed by atoms with Crippen molar-refractivity contribution < 1.29 is 4.79 Å². The van der Waals surface area contributed by atoms with Gasteiger partial charge < -0.3 is 10.2 Å². The molecular formula is C27H31N3OS. The summed E-state index contributed by atoms with van der Waals surface area (Å²) < 4.78 is 0. The van der Waals surface area contributed by atoms with Gasteiger partial charge in [-0.3, -0.25) is 4.79 Å². The number of aryl methyl sites for hydroxylation is 2. The van der Waals surface area contributed by atoms with E-state index in [-0.39, 0.29) is 11.4 Å². The van der Waals surface area contributed by atoms with Crippen LogP contribution in [0, 0.1) is 20.8 Å². The molecule has 2 aromatic carbocycles. The topological polar surface area (TPSA) is 44.7 Å². The summed E-state index contributed by atoms with van der Waals surface area (Å²) in [6.07, 6.45) is 4.32. The second kappa shape index (κ2) is 8.28. The second-order valence-corrected chi connectivity index (χ2v) is 10.2. The zero-order chi connectivity index (χ0) is 23.2. The van der Waals surface area contributed by atoms with E-state index in [2.05, 4.69) is 83.0 Å². The fourth-order valence-corrected chi connectivity index (χ4v) is 5.39. The Morgan fingerprint density at radius 2 is 1.88 bits per heavy atom. The number of nitrogens with zero attached hydrogens (tertiary/aromatic N) is 2. The number of thioether (sulfide) groups is 1. The van der Waals surface area contributed by atoms with Gasteiger partial charge in [0.1, 0.15) is 0 Å². The smallest absolute Gasteiger partial charge is 0.264 e. The number of fused-ring (bicyclic) bond motifs is 1. The van der Waals surface area contributed by atoms with Crippen molar-refractivity contribution in [3.63, 3.8) is 0 Å². The number of nitrogens with one attached hydrogen (secondary N) is 1. The maximum Gasteiger partial charge on any atom is 0.264 e. The van der Waals surface area contributed by atoms with E-state index in [9.17, 15) is 4.79 Å². The summed E-state index contributed by atoms with van der Waals surface area (Å²) in [6, 6.07) is 10.5. The summed E-state index contributed by atoms with van der Waals surface area (Å²) in [7, 11) is 0. The maximum absolute atomic E-state index is 12.7. The predicted octanol–water partition coefficient (Wildman–Crippen LogP) is 6.53. The van der Waals surface area contributed by atoms with Crippen LogP contribution >= 0.6 is 11.8 Å². The number of amidine groups is 1. The quantitative estimate of drug-likeness (QED) is 0.547. The lowest BCUT2D eigenvalue weighted by Crippen LogP contribution is -2.44. The third-order valence-corrected chi connectivity index (χ3v) is 7.33. The molecule has 5 heteroatoms. The van der Waals surface area contributed by atoms with Crippen LogP contribution in [0.4, 0.5) is 11.4 Å². The van der Waals surface area contributed by atoms with Crippen molar-refractivity contribution >= 4 is 45.9 Å². The van der Waals surface area contributed by atoms with E-state index in [1.54, 1.807) is 0 Å². The highest BCUT2D eigenvalue weighted by molar-refractivity contribution is 8.18. The van der Waals surface area contributed by atoms with Gasteiger partial charge in [-0.25, -0.2) is 4.99 Å². The fourth-order valence-electron chi connectivity index (χ4n) is 4.57. The van der Waals surface area contributed by atoms with E-state index in [0.717, 1.165) is 28.9 Å². The van der Waals surface area contributed by atoms with Crippen LogP contribution in [0.15, 0.2) is 46.3 Å². The molecule has 0 saturated carbocycles. The summed E-state index contributed by atoms with van der Waals surface area (Å²) in [5.74, 6) is -0.0974. The number of amides is 1. The zero-order valence-corrected chi connectivity index (χ0v) is 20.8. The molecule has 2 aromatic rings. The van der Waals surface area contributed by atoms with Crippen LogP contribution in [0.5, 0.6) is 0 Å². The Labute approximate surface area is 195 Å². The summed E-state index contributed by atoms with van der Waals surface area (Å²) in [4.78, 5) is 20.5. The van der Waals surface area contributed by atoms with E-state index in [4.69, 9.17) is 4.99 Å². The third-order valence-electron chi connectivity index (χ3n) is 6.42. The minimum absolute atomic E-state index is 0.0151. The molecule has 2 heterocycles. The number of benzene rings is 2. The Bertz CT molecular complexity index is 1200. The van der Waals surface area contributed by atoms with Gasteiger partial charge in [0.05, 0.1) is 16.1 Å². The molecule has 1 fully saturated rings. The standard InChI is InChI=1S/C27H31N3OS/c1-8-30-23-12-17(3)20(13-21(23)18(4)15-27(30,6)7)14-24-25(31)29-26(32-24)28-22-11-9-10-16(2)19(22)5/h9-15H,8H2,1-7H3,(H,28,29,31)/b24-14-. The van der Waals surface area contributed by atoms with Gasteiger partial charge in [0.25, 0.3) is 5.91 Å². The minimum atomic E-state index is -0.0974. The molecule has 1 saturated heterocycles. The Kier molecular flexibility index (Phi) is 5.80. The van der Waals surface area contributed by atoms with Crippen molar-refractivity contribution in [2.75, 3.05) is 11.4 Å². The van der Waals surface area contributed by atoms with Crippen LogP contribution in [-0.2, 0) is 4.79 Å². The molecule has 166 valence electrons. The number of carbonyl (C=O) groups excluding carboxylic acids is 1. The van der Waals surface area contributed by atoms with Crippen molar-refractivity contribution in [1.29, 1.82) is 0 Å². The number of rotatable bonds is 3. The van der Waals surface area contributed by atoms with Crippen molar-refractivity contribution in [3.05, 3.63) is 69.1 Å². The van der Waals surface area contributed by atoms with Crippen LogP contribution in [0.2, 0.25) is 0 Å². The van der Waals surface area contributed by atoms with Crippen LogP contribution in [-0.4, -0.2) is 23.2 Å². The normalized spacial score (nSPS) is 19.9. The summed E-state index contributed by atoms with van der Waals surface area (Å²) in [5.41, 5.74) is 9.19. The van der Waals surface area contributed by atoms with Crippen molar-refractivity contribution in [2.45, 2.75) is 54.0 Å². The Hall–Kier alpha value is -2.79. The van der Waals surface area contributed by atoms with Gasteiger partial charge in [-0.2, -0.15) is 0 Å². The summed E-state index contributed by atoms with van der Waals surface area (Å²) >= 11 is 1.40. The van der Waals surface area contributed by atoms with Gasteiger partial charge in [0.2, 0.25) is 0 Å². The number of anilines is 1. The lowest BCUT2D eigenvalue weighted by molar-refractivity contribution is -0.115. The van der Waals surface area contributed by atoms with Gasteiger partial charge in [-0.1, -0.05) is 18.2 Å². The van der Waals surface area contributed by atoms with E-state index in [1.807, 2.05) is 18.2 Å². The first kappa shape index (κ1) is 22.4. The average Bonchev–Trinajstić information content (AvgIpc) is 3.05. The molecule has 4 rings (SSSR count). The number of aliphatic imine (C=N–C) groups is 1. The first-order valence-corrected chi connectivity index (χ1v) is 11.9. The number of carbonyl (C=O) groups is 1. The first-order chi connectivity index (χ1) is 15.1. The van der Waals surface area contributed by atoms with Gasteiger partial charge in [0, 0.05) is 17.8 Å². The molecular weight excluding hydrogens is 414 g/mol. The highest BCUT2D eigenvalue weighted by Gasteiger charge is 2.31. The Morgan fingerprint density at radius 3 is 2.59 bits per heavy atom. The largest absolute Gasteiger partial charge is 0.363 e. The molecule has 0 bridgehead atoms. The molecule has 32 heavy (non-hydrogen) atoms. The average molecular weight is 446 g/mol. The monoisotopic (exact) mass is 445 g/mol. The maximum atomic E-state index is 12.7. The van der Waals surface area contributed by atoms with Crippen LogP contribution < -0.4 is 10.2 Å². The van der Waals surface area contributed by atoms with Gasteiger partial charge in [-0.05, 0) is 112 Å². The molecule has 4 nitrogen and oxygen atoms in total. The molecule has 0 aromatic heterocycles. The lowest BCUT2D eigenvalue weighted by atomic mass is 9.87. The molecule has 0 unspecified atom stereocenters. The van der Waals surface area contributed by atoms with E-state index >= 15 is 0 Å². The number of hydrogen-bond acceptors (Lipinski definition) is 4. The summed E-state index contributed by atoms with van der Waals surface area (Å²) in [5, 5.41) is 3.55. The van der Waals surface area contributed by atoms with Gasteiger partial charge >= 0.3 is 0 Å². The van der Waals surface area contributed by atoms with Gasteiger partial charge in [-0.15, -0.1) is 0 Å². The third kappa shape index (κ3) is 4.02. The van der Waals surface area contributed by atoms with E-state index < -0.39 is 0 Å². The number of allylic oxidation sites excluding steroid dienone is 1. The predicted molar refractivity (Wildman–Crippen MR) is 139 cm³/mol. The molecule has 0 radical (unpaired) electrons.